The molecule has 0 aromatic heterocycles. The molecule has 92 valence electrons. The van der Waals surface area contributed by atoms with Gasteiger partial charge in [0.15, 0.2) is 0 Å². The Bertz CT molecular complexity index is 399. The third-order valence-electron chi connectivity index (χ3n) is 2.55. The first-order valence-corrected chi connectivity index (χ1v) is 5.77. The van der Waals surface area contributed by atoms with Crippen LogP contribution >= 0.6 is 0 Å². The maximum atomic E-state index is 11.0. The zero-order valence-corrected chi connectivity index (χ0v) is 10.2. The van der Waals surface area contributed by atoms with Crippen molar-refractivity contribution in [2.45, 2.75) is 19.8 Å². The van der Waals surface area contributed by atoms with Crippen molar-refractivity contribution in [3.05, 3.63) is 47.5 Å². The fraction of sp³-hybridized carbons (Fsp3) is 0.357. The quantitative estimate of drug-likeness (QED) is 0.562. The molecule has 0 fully saturated rings. The molecule has 0 aliphatic rings. The van der Waals surface area contributed by atoms with E-state index in [1.54, 1.807) is 12.1 Å². The molecule has 1 aromatic carbocycles. The molecule has 0 radical (unpaired) electrons. The van der Waals surface area contributed by atoms with E-state index in [0.29, 0.717) is 5.56 Å². The van der Waals surface area contributed by atoms with E-state index in [0.717, 1.165) is 37.1 Å². The van der Waals surface area contributed by atoms with Gasteiger partial charge in [0.1, 0.15) is 0 Å². The molecule has 1 aromatic rings. The third-order valence-corrected chi connectivity index (χ3v) is 2.55. The molecule has 0 spiro atoms. The molecule has 0 saturated carbocycles. The molecule has 0 atom stereocenters. The van der Waals surface area contributed by atoms with E-state index in [4.69, 9.17) is 5.11 Å². The first kappa shape index (κ1) is 13.5. The lowest BCUT2D eigenvalue weighted by atomic mass is 10.0. The Morgan fingerprint density at radius 3 is 2.71 bits per heavy atom. The van der Waals surface area contributed by atoms with Crippen LogP contribution in [0.4, 0.5) is 0 Å². The molecule has 0 aliphatic carbocycles. The molecule has 0 aliphatic heterocycles. The first-order valence-electron chi connectivity index (χ1n) is 5.77. The fourth-order valence-electron chi connectivity index (χ4n) is 1.60. The second-order valence-electron chi connectivity index (χ2n) is 4.17. The number of nitrogens with one attached hydrogen (secondary N) is 1. The largest absolute Gasteiger partial charge is 0.478 e. The minimum absolute atomic E-state index is 0.397. The highest BCUT2D eigenvalue weighted by atomic mass is 16.4. The average Bonchev–Trinajstić information content (AvgIpc) is 2.28. The predicted molar refractivity (Wildman–Crippen MR) is 69.4 cm³/mol. The van der Waals surface area contributed by atoms with E-state index >= 15 is 0 Å². The van der Waals surface area contributed by atoms with Crippen molar-refractivity contribution in [1.29, 1.82) is 0 Å². The Kier molecular flexibility index (Phi) is 5.43. The van der Waals surface area contributed by atoms with Crippen molar-refractivity contribution in [1.82, 2.24) is 5.32 Å². The number of carboxylic acid groups (broad SMARTS) is 1. The van der Waals surface area contributed by atoms with Crippen LogP contribution in [-0.4, -0.2) is 24.2 Å². The molecule has 0 saturated heterocycles. The molecule has 0 amide bonds. The van der Waals surface area contributed by atoms with E-state index < -0.39 is 5.97 Å². The van der Waals surface area contributed by atoms with Crippen molar-refractivity contribution in [2.75, 3.05) is 13.1 Å². The van der Waals surface area contributed by atoms with E-state index in [2.05, 4.69) is 11.9 Å². The number of benzene rings is 1. The van der Waals surface area contributed by atoms with E-state index in [-0.39, 0.29) is 0 Å². The van der Waals surface area contributed by atoms with Crippen LogP contribution in [-0.2, 0) is 6.42 Å². The number of hydrogen-bond donors (Lipinski definition) is 2. The summed E-state index contributed by atoms with van der Waals surface area (Å²) in [6.45, 7) is 7.51. The summed E-state index contributed by atoms with van der Waals surface area (Å²) in [4.78, 5) is 11.0. The maximum Gasteiger partial charge on any atom is 0.335 e. The number of rotatable bonds is 7. The van der Waals surface area contributed by atoms with Crippen molar-refractivity contribution in [3.8, 4) is 0 Å². The SMILES string of the molecule is C=C(C)CCNCCc1ccccc1C(=O)O. The zero-order chi connectivity index (χ0) is 12.7. The highest BCUT2D eigenvalue weighted by Gasteiger charge is 2.07. The molecule has 3 heteroatoms. The van der Waals surface area contributed by atoms with E-state index in [1.807, 2.05) is 19.1 Å². The molecule has 0 heterocycles. The number of carbonyl (C=O) groups is 1. The standard InChI is InChI=1S/C14H19NO2/c1-11(2)7-9-15-10-8-12-5-3-4-6-13(12)14(16)17/h3-6,15H,1,7-10H2,2H3,(H,16,17). The molecule has 0 unspecified atom stereocenters. The molecule has 2 N–H and O–H groups in total. The van der Waals surface area contributed by atoms with E-state index in [1.165, 1.54) is 0 Å². The van der Waals surface area contributed by atoms with Crippen LogP contribution in [0.5, 0.6) is 0 Å². The van der Waals surface area contributed by atoms with Crippen molar-refractivity contribution in [3.63, 3.8) is 0 Å². The summed E-state index contributed by atoms with van der Waals surface area (Å²) in [5.41, 5.74) is 2.43. The Balaban J connectivity index is 2.41. The molecule has 17 heavy (non-hydrogen) atoms. The predicted octanol–water partition coefficient (Wildman–Crippen LogP) is 2.48. The van der Waals surface area contributed by atoms with Gasteiger partial charge < -0.3 is 10.4 Å². The van der Waals surface area contributed by atoms with Gasteiger partial charge in [0.25, 0.3) is 0 Å². The fourth-order valence-corrected chi connectivity index (χ4v) is 1.60. The Labute approximate surface area is 102 Å². The van der Waals surface area contributed by atoms with Crippen LogP contribution in [0.15, 0.2) is 36.4 Å². The topological polar surface area (TPSA) is 49.3 Å². The molecule has 0 bridgehead atoms. The lowest BCUT2D eigenvalue weighted by Gasteiger charge is -2.07. The smallest absolute Gasteiger partial charge is 0.335 e. The van der Waals surface area contributed by atoms with Crippen LogP contribution in [0, 0.1) is 0 Å². The molecular weight excluding hydrogens is 214 g/mol. The van der Waals surface area contributed by atoms with E-state index in [9.17, 15) is 4.79 Å². The van der Waals surface area contributed by atoms with Crippen molar-refractivity contribution < 1.29 is 9.90 Å². The van der Waals surface area contributed by atoms with Gasteiger partial charge in [0, 0.05) is 0 Å². The van der Waals surface area contributed by atoms with Gasteiger partial charge >= 0.3 is 5.97 Å². The van der Waals surface area contributed by atoms with Gasteiger partial charge in [-0.1, -0.05) is 23.8 Å². The minimum atomic E-state index is -0.859. The summed E-state index contributed by atoms with van der Waals surface area (Å²) in [5, 5.41) is 12.3. The monoisotopic (exact) mass is 233 g/mol. The van der Waals surface area contributed by atoms with Gasteiger partial charge in [-0.15, -0.1) is 6.58 Å². The van der Waals surface area contributed by atoms with Gasteiger partial charge in [-0.3, -0.25) is 0 Å². The molecule has 3 nitrogen and oxygen atoms in total. The van der Waals surface area contributed by atoms with Gasteiger partial charge in [-0.25, -0.2) is 4.79 Å². The van der Waals surface area contributed by atoms with Crippen LogP contribution < -0.4 is 5.32 Å². The van der Waals surface area contributed by atoms with Gasteiger partial charge in [-0.05, 0) is 44.5 Å². The Hall–Kier alpha value is -1.61. The minimum Gasteiger partial charge on any atom is -0.478 e. The summed E-state index contributed by atoms with van der Waals surface area (Å²) >= 11 is 0. The Morgan fingerprint density at radius 1 is 1.35 bits per heavy atom. The van der Waals surface area contributed by atoms with Gasteiger partial charge in [-0.2, -0.15) is 0 Å². The average molecular weight is 233 g/mol. The van der Waals surface area contributed by atoms with Gasteiger partial charge in [0.05, 0.1) is 5.56 Å². The highest BCUT2D eigenvalue weighted by molar-refractivity contribution is 5.89. The third kappa shape index (κ3) is 4.83. The summed E-state index contributed by atoms with van der Waals surface area (Å²) in [6, 6.07) is 7.13. The van der Waals surface area contributed by atoms with Crippen LogP contribution in [0.3, 0.4) is 0 Å². The number of carboxylic acids is 1. The maximum absolute atomic E-state index is 11.0. The summed E-state index contributed by atoms with van der Waals surface area (Å²) in [5.74, 6) is -0.859. The second kappa shape index (κ2) is 6.86. The highest BCUT2D eigenvalue weighted by Crippen LogP contribution is 2.08. The Morgan fingerprint density at radius 2 is 2.06 bits per heavy atom. The van der Waals surface area contributed by atoms with Gasteiger partial charge in [0.2, 0.25) is 0 Å². The number of aromatic carboxylic acids is 1. The zero-order valence-electron chi connectivity index (χ0n) is 10.2. The normalized spacial score (nSPS) is 10.2. The van der Waals surface area contributed by atoms with Crippen molar-refractivity contribution >= 4 is 5.97 Å². The lowest BCUT2D eigenvalue weighted by Crippen LogP contribution is -2.19. The molecular formula is C14H19NO2. The van der Waals surface area contributed by atoms with Crippen LogP contribution in [0.2, 0.25) is 0 Å². The lowest BCUT2D eigenvalue weighted by molar-refractivity contribution is 0.0695. The van der Waals surface area contributed by atoms with Crippen LogP contribution in [0.25, 0.3) is 0 Å². The van der Waals surface area contributed by atoms with Crippen LogP contribution in [0.1, 0.15) is 29.3 Å². The number of hydrogen-bond acceptors (Lipinski definition) is 2. The summed E-state index contributed by atoms with van der Waals surface area (Å²) in [6.07, 6.45) is 1.69. The van der Waals surface area contributed by atoms with Crippen molar-refractivity contribution in [2.24, 2.45) is 0 Å². The first-order chi connectivity index (χ1) is 8.11. The summed E-state index contributed by atoms with van der Waals surface area (Å²) in [7, 11) is 0. The summed E-state index contributed by atoms with van der Waals surface area (Å²) < 4.78 is 0. The second-order valence-corrected chi connectivity index (χ2v) is 4.17. The molecule has 1 rings (SSSR count).